The molecule has 0 unspecified atom stereocenters. The minimum Gasteiger partial charge on any atom is -0.507 e. The van der Waals surface area contributed by atoms with Gasteiger partial charge in [0, 0.05) is 0 Å². The molecule has 1 amide bonds. The lowest BCUT2D eigenvalue weighted by atomic mass is 10.1. The molecule has 19 heavy (non-hydrogen) atoms. The van der Waals surface area contributed by atoms with Gasteiger partial charge in [0.05, 0.1) is 10.7 Å². The lowest BCUT2D eigenvalue weighted by Gasteiger charge is -2.10. The second-order valence-corrected chi connectivity index (χ2v) is 4.13. The predicted molar refractivity (Wildman–Crippen MR) is 69.1 cm³/mol. The quantitative estimate of drug-likeness (QED) is 0.792. The summed E-state index contributed by atoms with van der Waals surface area (Å²) in [6, 6.07) is 7.77. The summed E-state index contributed by atoms with van der Waals surface area (Å²) in [4.78, 5) is 11.9. The number of phenolic OH excluding ortho intramolecular Hbond substituents is 2. The highest BCUT2D eigenvalue weighted by molar-refractivity contribution is 6.34. The van der Waals surface area contributed by atoms with Gasteiger partial charge in [0.15, 0.2) is 0 Å². The highest BCUT2D eigenvalue weighted by Crippen LogP contribution is 2.30. The van der Waals surface area contributed by atoms with Gasteiger partial charge in [0.1, 0.15) is 22.9 Å². The maximum absolute atomic E-state index is 13.5. The standard InChI is InChI=1S/C13H9ClFNO3/c14-7-3-1-4-8(15)12(7)16-13(19)11-9(17)5-2-6-10(11)18/h1-6,17-18H,(H,16,19). The van der Waals surface area contributed by atoms with Gasteiger partial charge in [-0.25, -0.2) is 4.39 Å². The van der Waals surface area contributed by atoms with E-state index in [4.69, 9.17) is 11.6 Å². The Morgan fingerprint density at radius 2 is 1.68 bits per heavy atom. The fraction of sp³-hybridized carbons (Fsp3) is 0. The van der Waals surface area contributed by atoms with Crippen LogP contribution in [0.5, 0.6) is 11.5 Å². The van der Waals surface area contributed by atoms with Crippen molar-refractivity contribution in [3.8, 4) is 11.5 Å². The van der Waals surface area contributed by atoms with E-state index in [-0.39, 0.29) is 16.3 Å². The molecular formula is C13H9ClFNO3. The number of rotatable bonds is 2. The van der Waals surface area contributed by atoms with Gasteiger partial charge < -0.3 is 15.5 Å². The minimum absolute atomic E-state index is 0.0169. The number of amides is 1. The first-order valence-corrected chi connectivity index (χ1v) is 5.65. The monoisotopic (exact) mass is 281 g/mol. The van der Waals surface area contributed by atoms with Crippen molar-refractivity contribution < 1.29 is 19.4 Å². The molecule has 2 aromatic carbocycles. The van der Waals surface area contributed by atoms with Crippen molar-refractivity contribution in [3.05, 3.63) is 52.8 Å². The number of phenols is 2. The molecule has 0 aromatic heterocycles. The first kappa shape index (κ1) is 13.2. The fourth-order valence-corrected chi connectivity index (χ4v) is 1.76. The number of halogens is 2. The molecule has 0 fully saturated rings. The predicted octanol–water partition coefficient (Wildman–Crippen LogP) is 3.14. The summed E-state index contributed by atoms with van der Waals surface area (Å²) < 4.78 is 13.5. The Morgan fingerprint density at radius 1 is 1.11 bits per heavy atom. The van der Waals surface area contributed by atoms with Crippen LogP contribution in [0.15, 0.2) is 36.4 Å². The third-order valence-corrected chi connectivity index (χ3v) is 2.76. The van der Waals surface area contributed by atoms with Crippen molar-refractivity contribution in [1.29, 1.82) is 0 Å². The molecule has 6 heteroatoms. The number of carbonyl (C=O) groups excluding carboxylic acids is 1. The summed E-state index contributed by atoms with van der Waals surface area (Å²) in [5.41, 5.74) is -0.557. The molecule has 0 bridgehead atoms. The molecule has 0 spiro atoms. The molecule has 2 aromatic rings. The molecule has 0 saturated heterocycles. The third kappa shape index (κ3) is 2.61. The van der Waals surface area contributed by atoms with Crippen LogP contribution >= 0.6 is 11.6 Å². The van der Waals surface area contributed by atoms with E-state index in [9.17, 15) is 19.4 Å². The smallest absolute Gasteiger partial charge is 0.263 e. The summed E-state index contributed by atoms with van der Waals surface area (Å²) in [6.45, 7) is 0. The highest BCUT2D eigenvalue weighted by atomic mass is 35.5. The van der Waals surface area contributed by atoms with Crippen molar-refractivity contribution in [1.82, 2.24) is 0 Å². The lowest BCUT2D eigenvalue weighted by Crippen LogP contribution is -2.13. The zero-order chi connectivity index (χ0) is 14.0. The lowest BCUT2D eigenvalue weighted by molar-refractivity contribution is 0.102. The first-order valence-electron chi connectivity index (χ1n) is 5.27. The summed E-state index contributed by atoms with van der Waals surface area (Å²) in [5, 5.41) is 21.3. The Labute approximate surface area is 113 Å². The van der Waals surface area contributed by atoms with Crippen LogP contribution in [0.1, 0.15) is 10.4 Å². The van der Waals surface area contributed by atoms with E-state index in [1.807, 2.05) is 0 Å². The van der Waals surface area contributed by atoms with Crippen molar-refractivity contribution in [2.45, 2.75) is 0 Å². The molecule has 0 heterocycles. The van der Waals surface area contributed by atoms with Crippen LogP contribution in [0.25, 0.3) is 0 Å². The Kier molecular flexibility index (Phi) is 3.57. The zero-order valence-corrected chi connectivity index (χ0v) is 10.3. The number of para-hydroxylation sites is 1. The zero-order valence-electron chi connectivity index (χ0n) is 9.52. The van der Waals surface area contributed by atoms with E-state index in [1.165, 1.54) is 30.3 Å². The van der Waals surface area contributed by atoms with Crippen LogP contribution in [-0.2, 0) is 0 Å². The highest BCUT2D eigenvalue weighted by Gasteiger charge is 2.18. The van der Waals surface area contributed by atoms with Crippen molar-refractivity contribution in [2.75, 3.05) is 5.32 Å². The minimum atomic E-state index is -0.859. The van der Waals surface area contributed by atoms with E-state index in [0.717, 1.165) is 6.07 Å². The second-order valence-electron chi connectivity index (χ2n) is 3.72. The van der Waals surface area contributed by atoms with Crippen LogP contribution in [-0.4, -0.2) is 16.1 Å². The largest absolute Gasteiger partial charge is 0.507 e. The van der Waals surface area contributed by atoms with E-state index in [1.54, 1.807) is 0 Å². The number of nitrogens with one attached hydrogen (secondary N) is 1. The van der Waals surface area contributed by atoms with E-state index in [2.05, 4.69) is 5.32 Å². The molecule has 0 aliphatic heterocycles. The third-order valence-electron chi connectivity index (χ3n) is 2.45. The van der Waals surface area contributed by atoms with Gasteiger partial charge in [-0.1, -0.05) is 23.7 Å². The maximum atomic E-state index is 13.5. The van der Waals surface area contributed by atoms with Gasteiger partial charge in [0.2, 0.25) is 0 Å². The van der Waals surface area contributed by atoms with Crippen molar-refractivity contribution in [2.24, 2.45) is 0 Å². The van der Waals surface area contributed by atoms with E-state index < -0.39 is 23.2 Å². The van der Waals surface area contributed by atoms with Gasteiger partial charge in [-0.05, 0) is 24.3 Å². The molecule has 3 N–H and O–H groups in total. The summed E-state index contributed by atoms with van der Waals surface area (Å²) in [6.07, 6.45) is 0. The number of carbonyl (C=O) groups is 1. The van der Waals surface area contributed by atoms with Gasteiger partial charge in [-0.15, -0.1) is 0 Å². The average molecular weight is 282 g/mol. The number of benzene rings is 2. The van der Waals surface area contributed by atoms with Crippen LogP contribution in [0, 0.1) is 5.82 Å². The summed E-state index contributed by atoms with van der Waals surface area (Å²) >= 11 is 5.76. The van der Waals surface area contributed by atoms with Crippen LogP contribution in [0.4, 0.5) is 10.1 Å². The number of hydrogen-bond acceptors (Lipinski definition) is 3. The summed E-state index contributed by atoms with van der Waals surface area (Å²) in [7, 11) is 0. The Bertz CT molecular complexity index is 605. The van der Waals surface area contributed by atoms with Crippen molar-refractivity contribution >= 4 is 23.2 Å². The molecule has 2 rings (SSSR count). The number of anilines is 1. The van der Waals surface area contributed by atoms with E-state index >= 15 is 0 Å². The molecule has 98 valence electrons. The normalized spacial score (nSPS) is 10.2. The molecule has 0 saturated carbocycles. The average Bonchev–Trinajstić information content (AvgIpc) is 2.34. The maximum Gasteiger partial charge on any atom is 0.263 e. The van der Waals surface area contributed by atoms with Crippen LogP contribution in [0.3, 0.4) is 0 Å². The molecule has 0 radical (unpaired) electrons. The van der Waals surface area contributed by atoms with Gasteiger partial charge >= 0.3 is 0 Å². The topological polar surface area (TPSA) is 69.6 Å². The van der Waals surface area contributed by atoms with Gasteiger partial charge in [0.25, 0.3) is 5.91 Å². The van der Waals surface area contributed by atoms with E-state index in [0.29, 0.717) is 0 Å². The fourth-order valence-electron chi connectivity index (χ4n) is 1.55. The molecular weight excluding hydrogens is 273 g/mol. The summed E-state index contributed by atoms with van der Waals surface area (Å²) in [5.74, 6) is -2.40. The second kappa shape index (κ2) is 5.16. The SMILES string of the molecule is O=C(Nc1c(F)cccc1Cl)c1c(O)cccc1O. The van der Waals surface area contributed by atoms with Gasteiger partial charge in [-0.2, -0.15) is 0 Å². The van der Waals surface area contributed by atoms with Gasteiger partial charge in [-0.3, -0.25) is 4.79 Å². The van der Waals surface area contributed by atoms with Crippen molar-refractivity contribution in [3.63, 3.8) is 0 Å². The van der Waals surface area contributed by atoms with Crippen LogP contribution in [0.2, 0.25) is 5.02 Å². The Balaban J connectivity index is 2.37. The Hall–Kier alpha value is -2.27. The molecule has 0 atom stereocenters. The number of hydrogen-bond donors (Lipinski definition) is 3. The number of aromatic hydroxyl groups is 2. The first-order chi connectivity index (χ1) is 9.00. The molecule has 4 nitrogen and oxygen atoms in total. The van der Waals surface area contributed by atoms with Crippen LogP contribution < -0.4 is 5.32 Å². The molecule has 0 aliphatic carbocycles. The molecule has 0 aliphatic rings. The Morgan fingerprint density at radius 3 is 2.26 bits per heavy atom.